The van der Waals surface area contributed by atoms with Crippen LogP contribution < -0.4 is 20.1 Å². The standard InChI is InChI=1S/C25H23F2N3O4/c1-3-30-19-7-5-4-6-17(19)18-13-16(9-10-20(18)30)29-23(31)14-28-24(32)15-8-11-21(34-25(26)27)22(12-15)33-2/h4-13,25H,3,14H2,1-2H3,(H,28,32)(H,29,31). The number of halogens is 2. The highest BCUT2D eigenvalue weighted by atomic mass is 19.3. The molecule has 7 nitrogen and oxygen atoms in total. The third-order valence-electron chi connectivity index (χ3n) is 5.42. The lowest BCUT2D eigenvalue weighted by Crippen LogP contribution is -2.32. The number of benzene rings is 3. The van der Waals surface area contributed by atoms with Crippen molar-refractivity contribution in [2.75, 3.05) is 19.0 Å². The number of methoxy groups -OCH3 is 1. The number of ether oxygens (including phenoxy) is 2. The van der Waals surface area contributed by atoms with Gasteiger partial charge in [0.15, 0.2) is 11.5 Å². The van der Waals surface area contributed by atoms with Gasteiger partial charge in [-0.3, -0.25) is 9.59 Å². The van der Waals surface area contributed by atoms with Gasteiger partial charge in [0.1, 0.15) is 0 Å². The Kier molecular flexibility index (Phi) is 6.62. The maximum atomic E-state index is 12.5. The average molecular weight is 467 g/mol. The second-order valence-corrected chi connectivity index (χ2v) is 7.47. The summed E-state index contributed by atoms with van der Waals surface area (Å²) < 4.78 is 36.5. The Labute approximate surface area is 194 Å². The van der Waals surface area contributed by atoms with E-state index < -0.39 is 18.4 Å². The van der Waals surface area contributed by atoms with Gasteiger partial charge in [0.2, 0.25) is 5.91 Å². The maximum Gasteiger partial charge on any atom is 0.387 e. The molecule has 4 aromatic rings. The van der Waals surface area contributed by atoms with E-state index in [1.165, 1.54) is 25.3 Å². The van der Waals surface area contributed by atoms with E-state index in [4.69, 9.17) is 4.74 Å². The van der Waals surface area contributed by atoms with Crippen LogP contribution in [0.5, 0.6) is 11.5 Å². The number of nitrogens with one attached hydrogen (secondary N) is 2. The van der Waals surface area contributed by atoms with Gasteiger partial charge < -0.3 is 24.7 Å². The molecule has 0 bridgehead atoms. The predicted molar refractivity (Wildman–Crippen MR) is 126 cm³/mol. The van der Waals surface area contributed by atoms with Crippen molar-refractivity contribution in [3.8, 4) is 11.5 Å². The van der Waals surface area contributed by atoms with Crippen LogP contribution in [0.15, 0.2) is 60.7 Å². The second-order valence-electron chi connectivity index (χ2n) is 7.47. The van der Waals surface area contributed by atoms with Gasteiger partial charge in [0.05, 0.1) is 13.7 Å². The third kappa shape index (κ3) is 4.63. The molecule has 0 saturated carbocycles. The van der Waals surface area contributed by atoms with Crippen molar-refractivity contribution in [2.24, 2.45) is 0 Å². The molecule has 9 heteroatoms. The molecule has 0 aliphatic heterocycles. The first-order chi connectivity index (χ1) is 16.4. The number of hydrogen-bond acceptors (Lipinski definition) is 4. The van der Waals surface area contributed by atoms with Gasteiger partial charge in [0.25, 0.3) is 5.91 Å². The zero-order valence-corrected chi connectivity index (χ0v) is 18.6. The summed E-state index contributed by atoms with van der Waals surface area (Å²) in [6.45, 7) is -0.387. The summed E-state index contributed by atoms with van der Waals surface area (Å²) in [5, 5.41) is 7.43. The van der Waals surface area contributed by atoms with Crippen molar-refractivity contribution in [2.45, 2.75) is 20.1 Å². The molecule has 0 atom stereocenters. The molecule has 1 aromatic heterocycles. The van der Waals surface area contributed by atoms with Crippen molar-refractivity contribution in [1.82, 2.24) is 9.88 Å². The van der Waals surface area contributed by atoms with E-state index in [1.807, 2.05) is 36.4 Å². The molecule has 0 aliphatic carbocycles. The highest BCUT2D eigenvalue weighted by Gasteiger charge is 2.15. The van der Waals surface area contributed by atoms with Gasteiger partial charge in [-0.05, 0) is 49.4 Å². The van der Waals surface area contributed by atoms with Gasteiger partial charge in [-0.1, -0.05) is 18.2 Å². The Morgan fingerprint density at radius 1 is 0.971 bits per heavy atom. The van der Waals surface area contributed by atoms with Crippen molar-refractivity contribution >= 4 is 39.3 Å². The van der Waals surface area contributed by atoms with Crippen molar-refractivity contribution in [3.05, 3.63) is 66.2 Å². The lowest BCUT2D eigenvalue weighted by atomic mass is 10.1. The number of aryl methyl sites for hydroxylation is 1. The van der Waals surface area contributed by atoms with E-state index in [2.05, 4.69) is 32.9 Å². The van der Waals surface area contributed by atoms with Crippen LogP contribution in [0.3, 0.4) is 0 Å². The second kappa shape index (κ2) is 9.78. The molecule has 0 unspecified atom stereocenters. The molecule has 0 fully saturated rings. The highest BCUT2D eigenvalue weighted by Crippen LogP contribution is 2.31. The van der Waals surface area contributed by atoms with Crippen molar-refractivity contribution < 1.29 is 27.8 Å². The average Bonchev–Trinajstić information content (AvgIpc) is 3.15. The monoisotopic (exact) mass is 467 g/mol. The van der Waals surface area contributed by atoms with Gasteiger partial charge in [-0.25, -0.2) is 0 Å². The number of aromatic nitrogens is 1. The van der Waals surface area contributed by atoms with Crippen LogP contribution in [0.2, 0.25) is 0 Å². The molecule has 0 aliphatic rings. The number of rotatable bonds is 8. The minimum Gasteiger partial charge on any atom is -0.493 e. The summed E-state index contributed by atoms with van der Waals surface area (Å²) >= 11 is 0. The summed E-state index contributed by atoms with van der Waals surface area (Å²) in [5.74, 6) is -1.17. The largest absolute Gasteiger partial charge is 0.493 e. The van der Waals surface area contributed by atoms with Crippen LogP contribution in [0.1, 0.15) is 17.3 Å². The summed E-state index contributed by atoms with van der Waals surface area (Å²) in [5.41, 5.74) is 2.94. The first-order valence-electron chi connectivity index (χ1n) is 10.6. The van der Waals surface area contributed by atoms with E-state index in [0.29, 0.717) is 5.69 Å². The van der Waals surface area contributed by atoms with Gasteiger partial charge in [-0.2, -0.15) is 8.78 Å². The van der Waals surface area contributed by atoms with Crippen LogP contribution in [-0.4, -0.2) is 36.6 Å². The Balaban J connectivity index is 1.44. The Hall–Kier alpha value is -4.14. The van der Waals surface area contributed by atoms with Crippen LogP contribution in [0, 0.1) is 0 Å². The number of fused-ring (bicyclic) bond motifs is 3. The number of carbonyl (C=O) groups excluding carboxylic acids is 2. The minimum absolute atomic E-state index is 0.0167. The Bertz CT molecular complexity index is 1370. The molecule has 3 aromatic carbocycles. The summed E-state index contributed by atoms with van der Waals surface area (Å²) in [7, 11) is 1.28. The molecular formula is C25H23F2N3O4. The summed E-state index contributed by atoms with van der Waals surface area (Å²) in [6.07, 6.45) is 0. The number of carbonyl (C=O) groups is 2. The quantitative estimate of drug-likeness (QED) is 0.390. The fraction of sp³-hybridized carbons (Fsp3) is 0.200. The fourth-order valence-electron chi connectivity index (χ4n) is 3.94. The van der Waals surface area contributed by atoms with Gasteiger partial charge in [-0.15, -0.1) is 0 Å². The molecule has 0 saturated heterocycles. The lowest BCUT2D eigenvalue weighted by Gasteiger charge is -2.12. The number of alkyl halides is 2. The normalized spacial score (nSPS) is 11.1. The zero-order valence-electron chi connectivity index (χ0n) is 18.6. The molecule has 4 rings (SSSR count). The molecular weight excluding hydrogens is 444 g/mol. The molecule has 2 amide bonds. The molecule has 1 heterocycles. The Morgan fingerprint density at radius 3 is 2.47 bits per heavy atom. The molecule has 0 radical (unpaired) electrons. The van der Waals surface area contributed by atoms with E-state index in [-0.39, 0.29) is 23.6 Å². The fourth-order valence-corrected chi connectivity index (χ4v) is 3.94. The SMILES string of the molecule is CCn1c2ccccc2c2cc(NC(=O)CNC(=O)c3ccc(OC(F)F)c(OC)c3)ccc21. The Morgan fingerprint density at radius 2 is 1.74 bits per heavy atom. The molecule has 34 heavy (non-hydrogen) atoms. The highest BCUT2D eigenvalue weighted by molar-refractivity contribution is 6.10. The maximum absolute atomic E-state index is 12.5. The van der Waals surface area contributed by atoms with Crippen LogP contribution in [-0.2, 0) is 11.3 Å². The number of nitrogens with zero attached hydrogens (tertiary/aromatic N) is 1. The summed E-state index contributed by atoms with van der Waals surface area (Å²) in [4.78, 5) is 24.9. The smallest absolute Gasteiger partial charge is 0.387 e. The third-order valence-corrected chi connectivity index (χ3v) is 5.42. The van der Waals surface area contributed by atoms with Crippen LogP contribution in [0.25, 0.3) is 21.8 Å². The van der Waals surface area contributed by atoms with E-state index in [0.717, 1.165) is 28.4 Å². The van der Waals surface area contributed by atoms with Crippen LogP contribution in [0.4, 0.5) is 14.5 Å². The predicted octanol–water partition coefficient (Wildman–Crippen LogP) is 4.79. The first-order valence-corrected chi connectivity index (χ1v) is 10.6. The van der Waals surface area contributed by atoms with E-state index in [1.54, 1.807) is 0 Å². The van der Waals surface area contributed by atoms with Crippen molar-refractivity contribution in [3.63, 3.8) is 0 Å². The molecule has 176 valence electrons. The van der Waals surface area contributed by atoms with E-state index in [9.17, 15) is 18.4 Å². The minimum atomic E-state index is -3.02. The van der Waals surface area contributed by atoms with Gasteiger partial charge in [0, 0.05) is 39.6 Å². The van der Waals surface area contributed by atoms with Crippen LogP contribution >= 0.6 is 0 Å². The first kappa shape index (κ1) is 23.0. The van der Waals surface area contributed by atoms with E-state index >= 15 is 0 Å². The van der Waals surface area contributed by atoms with Crippen molar-refractivity contribution in [1.29, 1.82) is 0 Å². The summed E-state index contributed by atoms with van der Waals surface area (Å²) in [6, 6.07) is 17.6. The number of para-hydroxylation sites is 1. The topological polar surface area (TPSA) is 81.6 Å². The number of anilines is 1. The van der Waals surface area contributed by atoms with Gasteiger partial charge >= 0.3 is 6.61 Å². The molecule has 2 N–H and O–H groups in total. The number of hydrogen-bond donors (Lipinski definition) is 2. The zero-order chi connectivity index (χ0) is 24.2. The lowest BCUT2D eigenvalue weighted by molar-refractivity contribution is -0.115. The number of amides is 2. The molecule has 0 spiro atoms.